The van der Waals surface area contributed by atoms with E-state index in [1.54, 1.807) is 12.1 Å². The Kier molecular flexibility index (Phi) is 3.76. The van der Waals surface area contributed by atoms with Crippen LogP contribution in [0.5, 0.6) is 0 Å². The second kappa shape index (κ2) is 5.54. The van der Waals surface area contributed by atoms with Gasteiger partial charge in [0.15, 0.2) is 0 Å². The number of hydrogen-bond acceptors (Lipinski definition) is 4. The van der Waals surface area contributed by atoms with E-state index in [-0.39, 0.29) is 0 Å². The normalized spacial score (nSPS) is 24.4. The first kappa shape index (κ1) is 13.6. The minimum atomic E-state index is -3.50. The third-order valence-electron chi connectivity index (χ3n) is 3.96. The fourth-order valence-corrected chi connectivity index (χ4v) is 3.87. The summed E-state index contributed by atoms with van der Waals surface area (Å²) in [5, 5.41) is 3.41. The molecule has 1 N–H and O–H groups in total. The molecule has 0 spiro atoms. The van der Waals surface area contributed by atoms with Gasteiger partial charge in [-0.2, -0.15) is 8.42 Å². The van der Waals surface area contributed by atoms with Crippen LogP contribution in [0.15, 0.2) is 33.6 Å². The van der Waals surface area contributed by atoms with Crippen molar-refractivity contribution in [2.24, 2.45) is 10.3 Å². The molecule has 3 rings (SSSR count). The molecular formula is C14H19N3O2S. The van der Waals surface area contributed by atoms with Crippen LogP contribution in [0.4, 0.5) is 5.69 Å². The van der Waals surface area contributed by atoms with Crippen LogP contribution in [0.3, 0.4) is 0 Å². The molecule has 2 aliphatic rings. The highest BCUT2D eigenvalue weighted by molar-refractivity contribution is 7.90. The molecule has 0 radical (unpaired) electrons. The Morgan fingerprint density at radius 1 is 1.35 bits per heavy atom. The molecule has 6 heteroatoms. The number of benzene rings is 1. The van der Waals surface area contributed by atoms with E-state index in [4.69, 9.17) is 0 Å². The van der Waals surface area contributed by atoms with E-state index in [0.717, 1.165) is 31.7 Å². The quantitative estimate of drug-likeness (QED) is 0.920. The minimum Gasteiger partial charge on any atom is -0.331 e. The number of anilines is 1. The molecule has 1 aromatic carbocycles. The van der Waals surface area contributed by atoms with Crippen LogP contribution in [0.1, 0.15) is 19.3 Å². The Bertz CT molecular complexity index is 607. The van der Waals surface area contributed by atoms with E-state index in [1.165, 1.54) is 19.2 Å². The van der Waals surface area contributed by atoms with E-state index in [2.05, 4.69) is 9.71 Å². The number of nitrogens with one attached hydrogen (secondary N) is 1. The first-order valence-electron chi connectivity index (χ1n) is 7.04. The van der Waals surface area contributed by atoms with E-state index in [1.807, 2.05) is 17.0 Å². The number of sulfonamides is 1. The number of para-hydroxylation sites is 1. The topological polar surface area (TPSA) is 61.8 Å². The highest BCUT2D eigenvalue weighted by atomic mass is 32.2. The van der Waals surface area contributed by atoms with Crippen molar-refractivity contribution >= 4 is 22.0 Å². The molecule has 1 aromatic rings. The molecule has 108 valence electrons. The van der Waals surface area contributed by atoms with Crippen molar-refractivity contribution in [2.75, 3.05) is 24.5 Å². The molecule has 5 nitrogen and oxygen atoms in total. The molecule has 2 heterocycles. The Morgan fingerprint density at radius 2 is 2.20 bits per heavy atom. The van der Waals surface area contributed by atoms with Gasteiger partial charge in [0, 0.05) is 6.54 Å². The molecule has 1 atom stereocenters. The predicted molar refractivity (Wildman–Crippen MR) is 79.7 cm³/mol. The predicted octanol–water partition coefficient (Wildman–Crippen LogP) is 1.61. The summed E-state index contributed by atoms with van der Waals surface area (Å²) in [5.74, 6) is 0.669. The first-order valence-corrected chi connectivity index (χ1v) is 8.48. The average Bonchev–Trinajstić information content (AvgIpc) is 2.48. The maximum Gasteiger partial charge on any atom is 0.285 e. The molecular weight excluding hydrogens is 274 g/mol. The molecule has 1 saturated heterocycles. The van der Waals surface area contributed by atoms with Gasteiger partial charge in [-0.1, -0.05) is 12.1 Å². The summed E-state index contributed by atoms with van der Waals surface area (Å²) in [4.78, 5) is 2.26. The molecule has 1 unspecified atom stereocenters. The Morgan fingerprint density at radius 3 is 3.00 bits per heavy atom. The molecule has 20 heavy (non-hydrogen) atoms. The Balaban J connectivity index is 1.74. The second-order valence-electron chi connectivity index (χ2n) is 5.36. The van der Waals surface area contributed by atoms with E-state index >= 15 is 0 Å². The third kappa shape index (κ3) is 2.71. The number of piperidine rings is 1. The molecule has 1 fully saturated rings. The van der Waals surface area contributed by atoms with Crippen LogP contribution in [-0.4, -0.2) is 34.4 Å². The molecule has 0 bridgehead atoms. The Hall–Kier alpha value is -1.40. The lowest BCUT2D eigenvalue weighted by Crippen LogP contribution is -2.34. The van der Waals surface area contributed by atoms with Crippen LogP contribution in [0, 0.1) is 5.92 Å². The van der Waals surface area contributed by atoms with Gasteiger partial charge in [-0.05, 0) is 50.4 Å². The SMILES string of the molecule is O=S1(=O)N=CN(CCC2CCCNC2)c2ccccc21. The zero-order chi connectivity index (χ0) is 14.0. The monoisotopic (exact) mass is 293 g/mol. The standard InChI is InChI=1S/C14H19N3O2S/c18-20(19)14-6-2-1-5-13(14)17(11-16-20)9-7-12-4-3-8-15-10-12/h1-2,5-6,11-12,15H,3-4,7-10H2. The van der Waals surface area contributed by atoms with Crippen LogP contribution >= 0.6 is 0 Å². The van der Waals surface area contributed by atoms with Crippen molar-refractivity contribution < 1.29 is 8.42 Å². The second-order valence-corrected chi connectivity index (χ2v) is 6.96. The summed E-state index contributed by atoms with van der Waals surface area (Å²) in [7, 11) is -3.50. The van der Waals surface area contributed by atoms with Gasteiger partial charge in [0.2, 0.25) is 0 Å². The summed E-state index contributed by atoms with van der Waals surface area (Å²) in [6, 6.07) is 7.07. The van der Waals surface area contributed by atoms with Gasteiger partial charge >= 0.3 is 0 Å². The molecule has 0 saturated carbocycles. The van der Waals surface area contributed by atoms with Gasteiger partial charge in [0.1, 0.15) is 11.2 Å². The smallest absolute Gasteiger partial charge is 0.285 e. The lowest BCUT2D eigenvalue weighted by Gasteiger charge is -2.28. The van der Waals surface area contributed by atoms with Crippen LogP contribution < -0.4 is 10.2 Å². The molecule has 0 amide bonds. The van der Waals surface area contributed by atoms with Crippen molar-refractivity contribution in [2.45, 2.75) is 24.2 Å². The van der Waals surface area contributed by atoms with Crippen molar-refractivity contribution in [3.05, 3.63) is 24.3 Å². The summed E-state index contributed by atoms with van der Waals surface area (Å²) in [6.07, 6.45) is 4.98. The van der Waals surface area contributed by atoms with Gasteiger partial charge in [-0.25, -0.2) is 0 Å². The first-order chi connectivity index (χ1) is 9.67. The minimum absolute atomic E-state index is 0.310. The number of hydrogen-bond donors (Lipinski definition) is 1. The third-order valence-corrected chi connectivity index (χ3v) is 5.23. The Labute approximate surface area is 119 Å². The summed E-state index contributed by atoms with van der Waals surface area (Å²) >= 11 is 0. The lowest BCUT2D eigenvalue weighted by molar-refractivity contribution is 0.362. The lowest BCUT2D eigenvalue weighted by atomic mass is 9.96. The summed E-state index contributed by atoms with van der Waals surface area (Å²) in [5.41, 5.74) is 0.742. The van der Waals surface area contributed by atoms with Crippen molar-refractivity contribution in [1.82, 2.24) is 5.32 Å². The van der Waals surface area contributed by atoms with Crippen molar-refractivity contribution in [3.8, 4) is 0 Å². The zero-order valence-electron chi connectivity index (χ0n) is 11.3. The van der Waals surface area contributed by atoms with Crippen LogP contribution in [-0.2, 0) is 10.0 Å². The number of fused-ring (bicyclic) bond motifs is 1. The molecule has 0 aliphatic carbocycles. The van der Waals surface area contributed by atoms with E-state index in [9.17, 15) is 8.42 Å². The zero-order valence-corrected chi connectivity index (χ0v) is 12.1. The largest absolute Gasteiger partial charge is 0.331 e. The van der Waals surface area contributed by atoms with Crippen LogP contribution in [0.2, 0.25) is 0 Å². The highest BCUT2D eigenvalue weighted by Gasteiger charge is 2.25. The number of rotatable bonds is 3. The maximum absolute atomic E-state index is 11.9. The number of nitrogens with zero attached hydrogens (tertiary/aromatic N) is 2. The fourth-order valence-electron chi connectivity index (χ4n) is 2.82. The fraction of sp³-hybridized carbons (Fsp3) is 0.500. The highest BCUT2D eigenvalue weighted by Crippen LogP contribution is 2.29. The van der Waals surface area contributed by atoms with Gasteiger partial charge in [0.05, 0.1) is 5.69 Å². The van der Waals surface area contributed by atoms with Gasteiger partial charge in [-0.3, -0.25) is 0 Å². The van der Waals surface area contributed by atoms with Gasteiger partial charge in [0.25, 0.3) is 10.0 Å². The summed E-state index contributed by atoms with van der Waals surface area (Å²) in [6.45, 7) is 2.98. The van der Waals surface area contributed by atoms with Gasteiger partial charge < -0.3 is 10.2 Å². The van der Waals surface area contributed by atoms with E-state index < -0.39 is 10.0 Å². The van der Waals surface area contributed by atoms with Crippen molar-refractivity contribution in [1.29, 1.82) is 0 Å². The maximum atomic E-state index is 11.9. The van der Waals surface area contributed by atoms with Crippen molar-refractivity contribution in [3.63, 3.8) is 0 Å². The molecule has 2 aliphatic heterocycles. The van der Waals surface area contributed by atoms with Crippen LogP contribution in [0.25, 0.3) is 0 Å². The average molecular weight is 293 g/mol. The summed E-state index contributed by atoms with van der Waals surface area (Å²) < 4.78 is 27.5. The van der Waals surface area contributed by atoms with Gasteiger partial charge in [-0.15, -0.1) is 4.40 Å². The van der Waals surface area contributed by atoms with E-state index in [0.29, 0.717) is 10.8 Å². The molecule has 0 aromatic heterocycles.